The number of nitrogens with zero attached hydrogens (tertiary/aromatic N) is 1. The van der Waals surface area contributed by atoms with Crippen LogP contribution in [0.25, 0.3) is 0 Å². The van der Waals surface area contributed by atoms with E-state index in [9.17, 15) is 4.79 Å². The molecule has 0 bridgehead atoms. The lowest BCUT2D eigenvalue weighted by atomic mass is 10.1. The van der Waals surface area contributed by atoms with Gasteiger partial charge in [-0.2, -0.15) is 0 Å². The molecule has 1 aliphatic rings. The van der Waals surface area contributed by atoms with Crippen molar-refractivity contribution < 1.29 is 9.53 Å². The van der Waals surface area contributed by atoms with Crippen LogP contribution >= 0.6 is 0 Å². The van der Waals surface area contributed by atoms with E-state index in [1.807, 2.05) is 49.4 Å². The Labute approximate surface area is 124 Å². The molecule has 0 aliphatic carbocycles. The Morgan fingerprint density at radius 2 is 2.00 bits per heavy atom. The highest BCUT2D eigenvalue weighted by atomic mass is 16.5. The number of carbonyl (C=O) groups excluding carboxylic acids is 1. The van der Waals surface area contributed by atoms with Crippen molar-refractivity contribution in [2.24, 2.45) is 0 Å². The fraction of sp³-hybridized carbons (Fsp3) is 0.235. The summed E-state index contributed by atoms with van der Waals surface area (Å²) in [6.07, 6.45) is 0. The molecule has 0 saturated heterocycles. The molecule has 2 N–H and O–H groups in total. The highest BCUT2D eigenvalue weighted by Gasteiger charge is 2.19. The number of anilines is 2. The number of nitrogen functional groups attached to an aromatic ring is 1. The van der Waals surface area contributed by atoms with Crippen LogP contribution in [0.4, 0.5) is 11.4 Å². The average Bonchev–Trinajstić information content (AvgIpc) is 2.95. The molecule has 0 atom stereocenters. The third-order valence-corrected chi connectivity index (χ3v) is 3.71. The molecular weight excluding hydrogens is 264 g/mol. The second-order valence-electron chi connectivity index (χ2n) is 5.12. The Morgan fingerprint density at radius 1 is 1.19 bits per heavy atom. The molecule has 0 spiro atoms. The normalized spacial score (nSPS) is 13.0. The number of hydrogen-bond donors (Lipinski definition) is 1. The second-order valence-corrected chi connectivity index (χ2v) is 5.12. The number of rotatable bonds is 3. The van der Waals surface area contributed by atoms with Gasteiger partial charge >= 0.3 is 0 Å². The number of fused-ring (bicyclic) bond motifs is 1. The molecule has 2 aromatic rings. The molecule has 0 fully saturated rings. The highest BCUT2D eigenvalue weighted by Crippen LogP contribution is 2.24. The van der Waals surface area contributed by atoms with Gasteiger partial charge in [0.05, 0.1) is 13.2 Å². The molecule has 0 radical (unpaired) electrons. The highest BCUT2D eigenvalue weighted by molar-refractivity contribution is 6.06. The van der Waals surface area contributed by atoms with E-state index in [2.05, 4.69) is 0 Å². The van der Waals surface area contributed by atoms with Gasteiger partial charge in [0.15, 0.2) is 0 Å². The maximum absolute atomic E-state index is 12.7. The summed E-state index contributed by atoms with van der Waals surface area (Å²) in [6, 6.07) is 13.2. The van der Waals surface area contributed by atoms with Crippen LogP contribution in [-0.2, 0) is 18.0 Å². The first-order valence-corrected chi connectivity index (χ1v) is 7.06. The van der Waals surface area contributed by atoms with E-state index in [1.54, 1.807) is 4.90 Å². The van der Waals surface area contributed by atoms with E-state index in [0.29, 0.717) is 31.0 Å². The van der Waals surface area contributed by atoms with E-state index in [1.165, 1.54) is 5.56 Å². The Hall–Kier alpha value is -2.33. The van der Waals surface area contributed by atoms with Gasteiger partial charge in [0.1, 0.15) is 0 Å². The number of amides is 1. The van der Waals surface area contributed by atoms with Crippen molar-refractivity contribution >= 4 is 17.3 Å². The molecule has 3 rings (SSSR count). The van der Waals surface area contributed by atoms with Crippen molar-refractivity contribution in [3.63, 3.8) is 0 Å². The molecule has 21 heavy (non-hydrogen) atoms. The van der Waals surface area contributed by atoms with E-state index in [4.69, 9.17) is 10.5 Å². The van der Waals surface area contributed by atoms with Gasteiger partial charge in [-0.1, -0.05) is 12.1 Å². The van der Waals surface area contributed by atoms with Crippen molar-refractivity contribution in [1.82, 2.24) is 0 Å². The zero-order valence-electron chi connectivity index (χ0n) is 12.0. The lowest BCUT2D eigenvalue weighted by molar-refractivity contribution is 0.0988. The molecular formula is C17H18N2O2. The first-order valence-electron chi connectivity index (χ1n) is 7.06. The summed E-state index contributed by atoms with van der Waals surface area (Å²) in [5, 5.41) is 0. The first kappa shape index (κ1) is 13.6. The van der Waals surface area contributed by atoms with Crippen LogP contribution in [0.15, 0.2) is 42.5 Å². The van der Waals surface area contributed by atoms with Crippen LogP contribution in [0.5, 0.6) is 0 Å². The van der Waals surface area contributed by atoms with Crippen molar-refractivity contribution in [2.45, 2.75) is 20.1 Å². The third kappa shape index (κ3) is 2.62. The summed E-state index contributed by atoms with van der Waals surface area (Å²) >= 11 is 0. The van der Waals surface area contributed by atoms with Crippen LogP contribution in [0.1, 0.15) is 28.4 Å². The number of nitrogens with two attached hydrogens (primary N) is 1. The van der Waals surface area contributed by atoms with Crippen molar-refractivity contribution in [3.8, 4) is 0 Å². The number of carbonyl (C=O) groups is 1. The number of benzene rings is 2. The molecule has 0 saturated carbocycles. The summed E-state index contributed by atoms with van der Waals surface area (Å²) in [5.41, 5.74) is 10.2. The quantitative estimate of drug-likeness (QED) is 0.881. The molecule has 1 amide bonds. The standard InChI is InChI=1S/C17H18N2O2/c1-2-19(16-5-3-4-15(18)9-16)17(20)12-6-7-13-10-21-11-14(13)8-12/h3-9H,2,10-11,18H2,1H3. The molecule has 2 aromatic carbocycles. The van der Waals surface area contributed by atoms with Gasteiger partial charge in [0, 0.05) is 23.5 Å². The minimum Gasteiger partial charge on any atom is -0.399 e. The van der Waals surface area contributed by atoms with E-state index >= 15 is 0 Å². The zero-order chi connectivity index (χ0) is 14.8. The van der Waals surface area contributed by atoms with Crippen LogP contribution in [-0.4, -0.2) is 12.5 Å². The number of ether oxygens (including phenoxy) is 1. The van der Waals surface area contributed by atoms with Crippen LogP contribution in [0.3, 0.4) is 0 Å². The van der Waals surface area contributed by atoms with Gasteiger partial charge in [-0.15, -0.1) is 0 Å². The monoisotopic (exact) mass is 282 g/mol. The summed E-state index contributed by atoms with van der Waals surface area (Å²) in [6.45, 7) is 3.77. The maximum Gasteiger partial charge on any atom is 0.258 e. The fourth-order valence-corrected chi connectivity index (χ4v) is 2.60. The lowest BCUT2D eigenvalue weighted by Gasteiger charge is -2.21. The van der Waals surface area contributed by atoms with Gasteiger partial charge in [0.25, 0.3) is 5.91 Å². The van der Waals surface area contributed by atoms with Crippen molar-refractivity contribution in [3.05, 3.63) is 59.2 Å². The Kier molecular flexibility index (Phi) is 3.62. The summed E-state index contributed by atoms with van der Waals surface area (Å²) < 4.78 is 5.40. The van der Waals surface area contributed by atoms with E-state index in [-0.39, 0.29) is 5.91 Å². The Bertz CT molecular complexity index is 682. The minimum atomic E-state index is -0.0159. The van der Waals surface area contributed by atoms with Gasteiger partial charge < -0.3 is 15.4 Å². The van der Waals surface area contributed by atoms with Crippen LogP contribution in [0.2, 0.25) is 0 Å². The summed E-state index contributed by atoms with van der Waals surface area (Å²) in [4.78, 5) is 14.5. The van der Waals surface area contributed by atoms with E-state index < -0.39 is 0 Å². The summed E-state index contributed by atoms with van der Waals surface area (Å²) in [7, 11) is 0. The largest absolute Gasteiger partial charge is 0.399 e. The lowest BCUT2D eigenvalue weighted by Crippen LogP contribution is -2.30. The molecule has 4 heteroatoms. The van der Waals surface area contributed by atoms with Crippen molar-refractivity contribution in [1.29, 1.82) is 0 Å². The first-order chi connectivity index (χ1) is 10.2. The third-order valence-electron chi connectivity index (χ3n) is 3.71. The molecule has 0 aromatic heterocycles. The number of hydrogen-bond acceptors (Lipinski definition) is 3. The van der Waals surface area contributed by atoms with Crippen LogP contribution in [0, 0.1) is 0 Å². The van der Waals surface area contributed by atoms with Gasteiger partial charge in [0.2, 0.25) is 0 Å². The SMILES string of the molecule is CCN(C(=O)c1ccc2c(c1)COC2)c1cccc(N)c1. The summed E-state index contributed by atoms with van der Waals surface area (Å²) in [5.74, 6) is -0.0159. The Balaban J connectivity index is 1.92. The predicted molar refractivity (Wildman–Crippen MR) is 83.1 cm³/mol. The van der Waals surface area contributed by atoms with E-state index in [0.717, 1.165) is 11.3 Å². The van der Waals surface area contributed by atoms with Gasteiger partial charge in [-0.05, 0) is 48.4 Å². The maximum atomic E-state index is 12.7. The fourth-order valence-electron chi connectivity index (χ4n) is 2.60. The molecule has 108 valence electrons. The topological polar surface area (TPSA) is 55.6 Å². The zero-order valence-corrected chi connectivity index (χ0v) is 12.0. The average molecular weight is 282 g/mol. The van der Waals surface area contributed by atoms with Gasteiger partial charge in [-0.25, -0.2) is 0 Å². The molecule has 1 heterocycles. The second kappa shape index (κ2) is 5.58. The minimum absolute atomic E-state index is 0.0159. The van der Waals surface area contributed by atoms with Crippen molar-refractivity contribution in [2.75, 3.05) is 17.2 Å². The van der Waals surface area contributed by atoms with Gasteiger partial charge in [-0.3, -0.25) is 4.79 Å². The van der Waals surface area contributed by atoms with Crippen LogP contribution < -0.4 is 10.6 Å². The molecule has 0 unspecified atom stereocenters. The molecule has 1 aliphatic heterocycles. The smallest absolute Gasteiger partial charge is 0.258 e. The predicted octanol–water partition coefficient (Wildman–Crippen LogP) is 2.97. The molecule has 4 nitrogen and oxygen atoms in total. The Morgan fingerprint density at radius 3 is 2.76 bits per heavy atom.